The largest absolute Gasteiger partial charge is 0.393 e. The fraction of sp³-hybridized carbons (Fsp3) is 0.538. The fourth-order valence-electron chi connectivity index (χ4n) is 2.57. The van der Waals surface area contributed by atoms with Crippen molar-refractivity contribution in [2.75, 3.05) is 0 Å². The second-order valence-electron chi connectivity index (χ2n) is 5.54. The molecule has 0 bridgehead atoms. The van der Waals surface area contributed by atoms with Crippen LogP contribution in [-0.2, 0) is 19.5 Å². The van der Waals surface area contributed by atoms with Crippen molar-refractivity contribution >= 4 is 5.91 Å². The summed E-state index contributed by atoms with van der Waals surface area (Å²) in [5.41, 5.74) is 0.956. The predicted octanol–water partition coefficient (Wildman–Crippen LogP) is 1.36. The molecule has 7 nitrogen and oxygen atoms in total. The number of fused-ring (bicyclic) bond motifs is 1. The Balaban J connectivity index is 1.68. The van der Waals surface area contributed by atoms with Gasteiger partial charge < -0.3 is 9.88 Å². The maximum absolute atomic E-state index is 12.9. The Kier molecular flexibility index (Phi) is 3.82. The van der Waals surface area contributed by atoms with Gasteiger partial charge in [-0.3, -0.25) is 9.89 Å². The number of nitrogens with zero attached hydrogens (tertiary/aromatic N) is 4. The number of hydrogen-bond acceptors (Lipinski definition) is 4. The average molecular weight is 328 g/mol. The number of carbonyl (C=O) groups excluding carboxylic acids is 1. The summed E-state index contributed by atoms with van der Waals surface area (Å²) in [4.78, 5) is 11.9. The molecule has 2 aromatic rings. The molecule has 0 saturated heterocycles. The van der Waals surface area contributed by atoms with Gasteiger partial charge in [0.15, 0.2) is 5.82 Å². The smallest absolute Gasteiger partial charge is 0.343 e. The summed E-state index contributed by atoms with van der Waals surface area (Å²) in [5.74, 6) is -0.996. The Bertz CT molecular complexity index is 720. The molecule has 0 spiro atoms. The van der Waals surface area contributed by atoms with Gasteiger partial charge in [-0.2, -0.15) is 18.3 Å². The summed E-state index contributed by atoms with van der Waals surface area (Å²) in [6.07, 6.45) is -4.00. The number of amides is 1. The topological polar surface area (TPSA) is 88.5 Å². The number of aryl methyl sites for hydroxylation is 2. The quantitative estimate of drug-likeness (QED) is 0.890. The molecule has 0 radical (unpaired) electrons. The number of hydrogen-bond donors (Lipinski definition) is 2. The summed E-state index contributed by atoms with van der Waals surface area (Å²) in [6, 6.07) is 1.58. The molecule has 0 fully saturated rings. The minimum atomic E-state index is -4.24. The lowest BCUT2D eigenvalue weighted by molar-refractivity contribution is -0.182. The van der Waals surface area contributed by atoms with E-state index >= 15 is 0 Å². The summed E-state index contributed by atoms with van der Waals surface area (Å²) in [6.45, 7) is 1.55. The number of halogens is 3. The van der Waals surface area contributed by atoms with E-state index in [0.717, 1.165) is 5.69 Å². The highest BCUT2D eigenvalue weighted by Gasteiger charge is 2.42. The standard InChI is InChI=1S/C13H15F3N6O/c1-7-4-9(19-18-7)12(23)17-5-11-21-20-10-3-2-8(6-22(10)11)13(14,15)16/h4,8H,2-3,5-6H2,1H3,(H,17,23)(H,18,19). The first kappa shape index (κ1) is 15.5. The average Bonchev–Trinajstić information content (AvgIpc) is 3.09. The van der Waals surface area contributed by atoms with Gasteiger partial charge in [0.2, 0.25) is 0 Å². The van der Waals surface area contributed by atoms with Crippen molar-refractivity contribution in [1.82, 2.24) is 30.3 Å². The Labute approximate surface area is 129 Å². The fourth-order valence-corrected chi connectivity index (χ4v) is 2.57. The van der Waals surface area contributed by atoms with Crippen molar-refractivity contribution in [3.05, 3.63) is 29.1 Å². The van der Waals surface area contributed by atoms with E-state index in [9.17, 15) is 18.0 Å². The number of H-pyrrole nitrogens is 1. The maximum Gasteiger partial charge on any atom is 0.393 e. The molecule has 1 aliphatic heterocycles. The van der Waals surface area contributed by atoms with Gasteiger partial charge in [-0.15, -0.1) is 10.2 Å². The van der Waals surface area contributed by atoms with E-state index in [1.165, 1.54) is 4.57 Å². The normalized spacial score (nSPS) is 17.8. The number of alkyl halides is 3. The molecule has 3 heterocycles. The second-order valence-corrected chi connectivity index (χ2v) is 5.54. The third kappa shape index (κ3) is 3.20. The van der Waals surface area contributed by atoms with E-state index < -0.39 is 18.0 Å². The number of carbonyl (C=O) groups is 1. The number of nitrogens with one attached hydrogen (secondary N) is 2. The molecule has 3 rings (SSSR count). The molecule has 0 aliphatic carbocycles. The van der Waals surface area contributed by atoms with Gasteiger partial charge in [-0.05, 0) is 19.4 Å². The molecule has 124 valence electrons. The lowest BCUT2D eigenvalue weighted by atomic mass is 9.99. The van der Waals surface area contributed by atoms with Gasteiger partial charge in [0.05, 0.1) is 12.5 Å². The zero-order valence-corrected chi connectivity index (χ0v) is 12.3. The maximum atomic E-state index is 12.9. The highest BCUT2D eigenvalue weighted by molar-refractivity contribution is 5.92. The van der Waals surface area contributed by atoms with Gasteiger partial charge in [0, 0.05) is 18.7 Å². The van der Waals surface area contributed by atoms with Crippen LogP contribution in [0.1, 0.15) is 34.3 Å². The van der Waals surface area contributed by atoms with E-state index in [1.807, 2.05) is 0 Å². The van der Waals surface area contributed by atoms with Crippen LogP contribution in [0.2, 0.25) is 0 Å². The molecule has 10 heteroatoms. The van der Waals surface area contributed by atoms with Crippen LogP contribution in [0.5, 0.6) is 0 Å². The molecule has 1 amide bonds. The lowest BCUT2D eigenvalue weighted by Crippen LogP contribution is -2.34. The molecule has 0 aromatic carbocycles. The van der Waals surface area contributed by atoms with Gasteiger partial charge in [0.1, 0.15) is 11.5 Å². The summed E-state index contributed by atoms with van der Waals surface area (Å²) < 4.78 is 40.1. The molecule has 0 saturated carbocycles. The minimum Gasteiger partial charge on any atom is -0.343 e. The van der Waals surface area contributed by atoms with Gasteiger partial charge in [-0.1, -0.05) is 0 Å². The first-order valence-electron chi connectivity index (χ1n) is 7.12. The first-order valence-corrected chi connectivity index (χ1v) is 7.12. The Morgan fingerprint density at radius 1 is 1.48 bits per heavy atom. The Hall–Kier alpha value is -2.39. The van der Waals surface area contributed by atoms with Crippen LogP contribution in [0, 0.1) is 12.8 Å². The molecule has 2 aromatic heterocycles. The summed E-state index contributed by atoms with van der Waals surface area (Å²) in [5, 5.41) is 16.8. The number of rotatable bonds is 3. The molecular formula is C13H15F3N6O. The minimum absolute atomic E-state index is 0.00230. The highest BCUT2D eigenvalue weighted by atomic mass is 19.4. The second kappa shape index (κ2) is 5.67. The van der Waals surface area contributed by atoms with Crippen LogP contribution in [-0.4, -0.2) is 37.0 Å². The highest BCUT2D eigenvalue weighted by Crippen LogP contribution is 2.34. The predicted molar refractivity (Wildman–Crippen MR) is 72.4 cm³/mol. The molecule has 1 aliphatic rings. The van der Waals surface area contributed by atoms with Gasteiger partial charge in [0.25, 0.3) is 5.91 Å². The van der Waals surface area contributed by atoms with Crippen LogP contribution < -0.4 is 5.32 Å². The number of aromatic amines is 1. The van der Waals surface area contributed by atoms with E-state index in [2.05, 4.69) is 25.7 Å². The van der Waals surface area contributed by atoms with Crippen LogP contribution in [0.3, 0.4) is 0 Å². The van der Waals surface area contributed by atoms with Gasteiger partial charge >= 0.3 is 6.18 Å². The van der Waals surface area contributed by atoms with Crippen molar-refractivity contribution in [3.8, 4) is 0 Å². The molecule has 1 atom stereocenters. The zero-order valence-electron chi connectivity index (χ0n) is 12.3. The van der Waals surface area contributed by atoms with Crippen LogP contribution in [0.25, 0.3) is 0 Å². The van der Waals surface area contributed by atoms with Crippen LogP contribution in [0.4, 0.5) is 13.2 Å². The van der Waals surface area contributed by atoms with E-state index in [0.29, 0.717) is 11.6 Å². The molecule has 23 heavy (non-hydrogen) atoms. The van der Waals surface area contributed by atoms with Crippen molar-refractivity contribution in [3.63, 3.8) is 0 Å². The molecule has 2 N–H and O–H groups in total. The first-order chi connectivity index (χ1) is 10.8. The van der Waals surface area contributed by atoms with Crippen LogP contribution in [0.15, 0.2) is 6.07 Å². The van der Waals surface area contributed by atoms with Crippen molar-refractivity contribution in [1.29, 1.82) is 0 Å². The number of aromatic nitrogens is 5. The SMILES string of the molecule is Cc1cc(C(=O)NCc2nnc3n2CC(C(F)(F)F)CC3)n[nH]1. The Morgan fingerprint density at radius 3 is 2.91 bits per heavy atom. The lowest BCUT2D eigenvalue weighted by Gasteiger charge is -2.26. The van der Waals surface area contributed by atoms with Crippen molar-refractivity contribution in [2.24, 2.45) is 5.92 Å². The monoisotopic (exact) mass is 328 g/mol. The van der Waals surface area contributed by atoms with Gasteiger partial charge in [-0.25, -0.2) is 0 Å². The van der Waals surface area contributed by atoms with Crippen molar-refractivity contribution in [2.45, 2.75) is 39.0 Å². The third-order valence-electron chi connectivity index (χ3n) is 3.83. The summed E-state index contributed by atoms with van der Waals surface area (Å²) >= 11 is 0. The van der Waals surface area contributed by atoms with Crippen molar-refractivity contribution < 1.29 is 18.0 Å². The molecular weight excluding hydrogens is 313 g/mol. The third-order valence-corrected chi connectivity index (χ3v) is 3.83. The summed E-state index contributed by atoms with van der Waals surface area (Å²) in [7, 11) is 0. The van der Waals surface area contributed by atoms with E-state index in [4.69, 9.17) is 0 Å². The van der Waals surface area contributed by atoms with Crippen LogP contribution >= 0.6 is 0 Å². The Morgan fingerprint density at radius 2 is 2.26 bits per heavy atom. The van der Waals surface area contributed by atoms with E-state index in [-0.39, 0.29) is 31.6 Å². The zero-order chi connectivity index (χ0) is 16.6. The molecule has 1 unspecified atom stereocenters. The van der Waals surface area contributed by atoms with E-state index in [1.54, 1.807) is 13.0 Å².